The normalized spacial score (nSPS) is 31.2. The summed E-state index contributed by atoms with van der Waals surface area (Å²) in [4.78, 5) is 57.1. The molecule has 0 spiro atoms. The predicted molar refractivity (Wildman–Crippen MR) is 143 cm³/mol. The Morgan fingerprint density at radius 2 is 1.90 bits per heavy atom. The maximum atomic E-state index is 13.2. The number of carbonyl (C=O) groups excluding carboxylic acids is 4. The molecule has 1 aromatic rings. The number of nitrogens with zero attached hydrogens (tertiary/aromatic N) is 2. The first-order valence-corrected chi connectivity index (χ1v) is 13.5. The van der Waals surface area contributed by atoms with E-state index in [9.17, 15) is 24.3 Å². The smallest absolute Gasteiger partial charge is 0.329 e. The number of ketones is 1. The van der Waals surface area contributed by atoms with Crippen LogP contribution in [0.5, 0.6) is 0 Å². The van der Waals surface area contributed by atoms with Crippen molar-refractivity contribution in [3.63, 3.8) is 0 Å². The van der Waals surface area contributed by atoms with Gasteiger partial charge in [-0.2, -0.15) is 0 Å². The maximum absolute atomic E-state index is 13.2. The van der Waals surface area contributed by atoms with Crippen LogP contribution in [0.3, 0.4) is 0 Å². The van der Waals surface area contributed by atoms with Crippen LogP contribution in [0.2, 0.25) is 0 Å². The zero-order valence-corrected chi connectivity index (χ0v) is 23.3. The van der Waals surface area contributed by atoms with Crippen LogP contribution >= 0.6 is 0 Å². The first-order chi connectivity index (χ1) is 18.5. The Morgan fingerprint density at radius 3 is 2.62 bits per heavy atom. The molecule has 1 saturated heterocycles. The summed E-state index contributed by atoms with van der Waals surface area (Å²) in [6, 6.07) is -0.765. The average molecular weight is 542 g/mol. The van der Waals surface area contributed by atoms with Crippen molar-refractivity contribution >= 4 is 23.6 Å². The lowest BCUT2D eigenvalue weighted by atomic mass is 9.94. The Balaban J connectivity index is 1.88. The van der Waals surface area contributed by atoms with Gasteiger partial charge in [-0.3, -0.25) is 14.4 Å². The summed E-state index contributed by atoms with van der Waals surface area (Å²) in [6.45, 7) is 9.77. The number of aliphatic hydroxyl groups excluding tert-OH is 1. The zero-order valence-electron chi connectivity index (χ0n) is 23.3. The summed E-state index contributed by atoms with van der Waals surface area (Å²) < 4.78 is 11.3. The Labute approximate surface area is 229 Å². The lowest BCUT2D eigenvalue weighted by Crippen LogP contribution is -2.44. The number of rotatable bonds is 1. The molecule has 3 rings (SSSR count). The molecule has 2 bridgehead atoms. The first kappa shape index (κ1) is 30.0. The minimum Gasteiger partial charge on any atom is -0.460 e. The van der Waals surface area contributed by atoms with Crippen LogP contribution in [0.25, 0.3) is 0 Å². The molecule has 0 radical (unpaired) electrons. The number of cyclic esters (lactones) is 1. The second-order valence-electron chi connectivity index (χ2n) is 10.6. The average Bonchev–Trinajstić information content (AvgIpc) is 3.56. The van der Waals surface area contributed by atoms with Gasteiger partial charge in [0.2, 0.25) is 11.8 Å². The highest BCUT2D eigenvalue weighted by Gasteiger charge is 2.38. The van der Waals surface area contributed by atoms with Crippen LogP contribution in [-0.4, -0.2) is 69.9 Å². The topological polar surface area (TPSA) is 139 Å². The Morgan fingerprint density at radius 1 is 1.15 bits per heavy atom. The number of fused-ring (bicyclic) bond motifs is 3. The summed E-state index contributed by atoms with van der Waals surface area (Å²) >= 11 is 0. The van der Waals surface area contributed by atoms with E-state index in [0.29, 0.717) is 19.4 Å². The van der Waals surface area contributed by atoms with Gasteiger partial charge in [0.15, 0.2) is 5.69 Å². The monoisotopic (exact) mass is 541 g/mol. The van der Waals surface area contributed by atoms with Crippen LogP contribution in [0.4, 0.5) is 0 Å². The van der Waals surface area contributed by atoms with Crippen molar-refractivity contribution < 1.29 is 33.4 Å². The summed E-state index contributed by atoms with van der Waals surface area (Å²) in [6.07, 6.45) is 8.75. The fourth-order valence-electron chi connectivity index (χ4n) is 4.74. The largest absolute Gasteiger partial charge is 0.460 e. The number of amides is 2. The van der Waals surface area contributed by atoms with E-state index >= 15 is 0 Å². The third-order valence-electron chi connectivity index (χ3n) is 7.09. The van der Waals surface area contributed by atoms with Gasteiger partial charge in [-0.15, -0.1) is 0 Å². The van der Waals surface area contributed by atoms with Crippen LogP contribution in [0.15, 0.2) is 46.6 Å². The van der Waals surface area contributed by atoms with E-state index in [1.54, 1.807) is 38.2 Å². The second-order valence-corrected chi connectivity index (χ2v) is 10.6. The molecular weight excluding hydrogens is 502 g/mol. The molecule has 0 aromatic carbocycles. The number of Topliss-reactive ketones (excluding diaryl/α,β-unsaturated/α-hetero) is 1. The highest BCUT2D eigenvalue weighted by atomic mass is 16.5. The molecule has 1 aromatic heterocycles. The van der Waals surface area contributed by atoms with Crippen molar-refractivity contribution in [2.24, 2.45) is 17.8 Å². The molecule has 2 aliphatic rings. The van der Waals surface area contributed by atoms with Crippen LogP contribution < -0.4 is 5.32 Å². The number of nitrogens with one attached hydrogen (secondary N) is 1. The fourth-order valence-corrected chi connectivity index (χ4v) is 4.74. The minimum absolute atomic E-state index is 0.00712. The van der Waals surface area contributed by atoms with Gasteiger partial charge in [0, 0.05) is 24.9 Å². The number of aromatic nitrogens is 1. The summed E-state index contributed by atoms with van der Waals surface area (Å²) in [7, 11) is 0. The number of aliphatic hydroxyl groups is 1. The van der Waals surface area contributed by atoms with Crippen molar-refractivity contribution in [2.75, 3.05) is 13.1 Å². The molecule has 5 atom stereocenters. The highest BCUT2D eigenvalue weighted by molar-refractivity contribution is 5.95. The van der Waals surface area contributed by atoms with E-state index in [1.165, 1.54) is 17.2 Å². The molecule has 2 N–H and O–H groups in total. The van der Waals surface area contributed by atoms with Gasteiger partial charge in [-0.1, -0.05) is 57.6 Å². The predicted octanol–water partition coefficient (Wildman–Crippen LogP) is 2.78. The molecule has 1 fully saturated rings. The van der Waals surface area contributed by atoms with Crippen molar-refractivity contribution in [1.29, 1.82) is 0 Å². The first-order valence-electron chi connectivity index (χ1n) is 13.5. The third-order valence-corrected chi connectivity index (χ3v) is 7.09. The molecular formula is C29H39N3O7. The molecule has 3 heterocycles. The number of hydrogen-bond donors (Lipinski definition) is 2. The Kier molecular flexibility index (Phi) is 10.4. The number of esters is 1. The number of oxazole rings is 1. The zero-order chi connectivity index (χ0) is 28.7. The lowest BCUT2D eigenvalue weighted by Gasteiger charge is -2.29. The van der Waals surface area contributed by atoms with Crippen molar-refractivity contribution in [2.45, 2.75) is 72.1 Å². The van der Waals surface area contributed by atoms with Crippen LogP contribution in [-0.2, 0) is 25.5 Å². The molecule has 212 valence electrons. The van der Waals surface area contributed by atoms with Gasteiger partial charge in [0.05, 0.1) is 12.5 Å². The van der Waals surface area contributed by atoms with E-state index < -0.39 is 36.0 Å². The minimum atomic E-state index is -1.04. The standard InChI is InChI=1S/C29H39N3O7/c1-17(2)27-19(4)10-11-25(35)30-12-6-8-18(3)14-23(33)20(5)24(34)15-26-31-21(16-38-26)28(36)32-13-7-9-22(32)29(37)39-27/h6,8,10-11,14,16-17,19-20,22-23,27,33H,7,9,12-13,15H2,1-5H3,(H,30,35)/b8-6+,11-10+,18-14+/t19-,20+,22-,23-,27-/m1/s1. The number of carbonyl (C=O) groups is 4. The number of ether oxygens (including phenoxy) is 1. The van der Waals surface area contributed by atoms with Gasteiger partial charge in [-0.05, 0) is 31.8 Å². The summed E-state index contributed by atoms with van der Waals surface area (Å²) in [5, 5.41) is 13.3. The van der Waals surface area contributed by atoms with Crippen molar-refractivity contribution in [1.82, 2.24) is 15.2 Å². The SMILES string of the molecule is CC1=C\[C@@H](O)[C@H](C)C(=O)Cc2nc(co2)C(=O)N2CCC[C@@H]2C(=O)O[C@H](C(C)C)[C@H](C)/C=C/C(=O)NC\C=C\1. The second kappa shape index (κ2) is 13.5. The molecule has 0 saturated carbocycles. The summed E-state index contributed by atoms with van der Waals surface area (Å²) in [5.74, 6) is -2.51. The van der Waals surface area contributed by atoms with Crippen molar-refractivity contribution in [3.05, 3.63) is 53.8 Å². The van der Waals surface area contributed by atoms with E-state index in [1.807, 2.05) is 20.8 Å². The molecule has 10 nitrogen and oxygen atoms in total. The number of allylic oxidation sites excluding steroid dienone is 2. The van der Waals surface area contributed by atoms with Gasteiger partial charge in [0.25, 0.3) is 5.91 Å². The molecule has 0 aliphatic carbocycles. The molecule has 10 heteroatoms. The van der Waals surface area contributed by atoms with E-state index in [0.717, 1.165) is 5.57 Å². The van der Waals surface area contributed by atoms with Gasteiger partial charge < -0.3 is 24.5 Å². The number of hydrogen-bond acceptors (Lipinski definition) is 8. The van der Waals surface area contributed by atoms with Gasteiger partial charge in [-0.25, -0.2) is 9.78 Å². The quantitative estimate of drug-likeness (QED) is 0.518. The fraction of sp³-hybridized carbons (Fsp3) is 0.552. The van der Waals surface area contributed by atoms with Crippen molar-refractivity contribution in [3.8, 4) is 0 Å². The van der Waals surface area contributed by atoms with E-state index in [4.69, 9.17) is 9.15 Å². The highest BCUT2D eigenvalue weighted by Crippen LogP contribution is 2.25. The molecule has 2 amide bonds. The third kappa shape index (κ3) is 7.98. The van der Waals surface area contributed by atoms with Gasteiger partial charge >= 0.3 is 5.97 Å². The Bertz CT molecular complexity index is 1150. The molecule has 0 unspecified atom stereocenters. The van der Waals surface area contributed by atoms with E-state index in [2.05, 4.69) is 10.3 Å². The molecule has 39 heavy (non-hydrogen) atoms. The molecule has 2 aliphatic heterocycles. The Hall–Kier alpha value is -3.53. The van der Waals surface area contributed by atoms with Gasteiger partial charge in [0.1, 0.15) is 24.2 Å². The van der Waals surface area contributed by atoms with Crippen LogP contribution in [0, 0.1) is 17.8 Å². The van der Waals surface area contributed by atoms with E-state index in [-0.39, 0.29) is 48.1 Å². The van der Waals surface area contributed by atoms with Crippen LogP contribution in [0.1, 0.15) is 63.8 Å². The summed E-state index contributed by atoms with van der Waals surface area (Å²) in [5.41, 5.74) is 0.734. The lowest BCUT2D eigenvalue weighted by molar-refractivity contribution is -0.158. The maximum Gasteiger partial charge on any atom is 0.329 e.